The van der Waals surface area contributed by atoms with Crippen LogP contribution in [0.3, 0.4) is 0 Å². The Morgan fingerprint density at radius 1 is 0.585 bits per heavy atom. The lowest BCUT2D eigenvalue weighted by molar-refractivity contribution is 0.0696. The van der Waals surface area contributed by atoms with Crippen LogP contribution in [-0.4, -0.2) is 22.6 Å². The van der Waals surface area contributed by atoms with E-state index in [2.05, 4.69) is 32.9 Å². The van der Waals surface area contributed by atoms with E-state index in [1.165, 1.54) is 62.6 Å². The highest BCUT2D eigenvalue weighted by molar-refractivity contribution is 5.98. The number of rotatable bonds is 17. The van der Waals surface area contributed by atoms with Crippen molar-refractivity contribution in [3.8, 4) is 11.1 Å². The number of carbonyl (C=O) groups is 3. The monoisotopic (exact) mass is 556 g/mol. The van der Waals surface area contributed by atoms with Crippen LogP contribution in [0, 0.1) is 5.92 Å². The summed E-state index contributed by atoms with van der Waals surface area (Å²) in [6.45, 7) is 6.45. The minimum atomic E-state index is -0.963. The Hall–Kier alpha value is -3.53. The van der Waals surface area contributed by atoms with Crippen molar-refractivity contribution >= 4 is 17.5 Å². The second-order valence-corrected chi connectivity index (χ2v) is 10.9. The normalized spacial score (nSPS) is 11.3. The molecular weight excluding hydrogens is 508 g/mol. The van der Waals surface area contributed by atoms with Gasteiger partial charge in [-0.15, -0.1) is 0 Å². The highest BCUT2D eigenvalue weighted by Crippen LogP contribution is 2.22. The number of carboxylic acids is 1. The summed E-state index contributed by atoms with van der Waals surface area (Å²) in [5, 5.41) is 8.77. The molecule has 3 aromatic carbocycles. The summed E-state index contributed by atoms with van der Waals surface area (Å²) in [6.07, 6.45) is 13.4. The first-order valence-electron chi connectivity index (χ1n) is 15.4. The summed E-state index contributed by atoms with van der Waals surface area (Å²) >= 11 is 0. The average molecular weight is 557 g/mol. The lowest BCUT2D eigenvalue weighted by Crippen LogP contribution is -2.11. The molecule has 0 aromatic heterocycles. The predicted octanol–water partition coefficient (Wildman–Crippen LogP) is 10.5. The maximum atomic E-state index is 12.5. The molecule has 0 aliphatic rings. The zero-order chi connectivity index (χ0) is 29.9. The lowest BCUT2D eigenvalue weighted by atomic mass is 9.93. The number of unbranched alkanes of at least 4 members (excludes halogenated alkanes) is 8. The predicted molar refractivity (Wildman–Crippen MR) is 170 cm³/mol. The van der Waals surface area contributed by atoms with Gasteiger partial charge in [0, 0.05) is 23.5 Å². The fourth-order valence-electron chi connectivity index (χ4n) is 4.76. The van der Waals surface area contributed by atoms with Gasteiger partial charge < -0.3 is 5.11 Å². The van der Waals surface area contributed by atoms with Crippen LogP contribution in [0.2, 0.25) is 0 Å². The summed E-state index contributed by atoms with van der Waals surface area (Å²) < 4.78 is 0. The van der Waals surface area contributed by atoms with E-state index in [4.69, 9.17) is 5.11 Å². The fourth-order valence-corrected chi connectivity index (χ4v) is 4.76. The van der Waals surface area contributed by atoms with Crippen LogP contribution in [0.25, 0.3) is 11.1 Å². The Balaban J connectivity index is 0.000000290. The van der Waals surface area contributed by atoms with E-state index < -0.39 is 5.97 Å². The van der Waals surface area contributed by atoms with E-state index in [0.29, 0.717) is 12.0 Å². The number of carbonyl (C=O) groups excluding carboxylic acids is 2. The molecule has 0 radical (unpaired) electrons. The minimum absolute atomic E-state index is 0.104. The topological polar surface area (TPSA) is 71.4 Å². The van der Waals surface area contributed by atoms with E-state index in [0.717, 1.165) is 36.8 Å². The van der Waals surface area contributed by atoms with Crippen molar-refractivity contribution in [3.05, 3.63) is 95.6 Å². The molecule has 0 spiro atoms. The SMILES string of the molecule is CCCCCCC(C)C(=O)c1ccc(-c2ccccc2)cc1.CCCCCCCCC(=O)c1ccc(C(=O)O)cc1. The Morgan fingerprint density at radius 2 is 1.07 bits per heavy atom. The lowest BCUT2D eigenvalue weighted by Gasteiger charge is -2.11. The zero-order valence-corrected chi connectivity index (χ0v) is 25.2. The molecule has 0 amide bonds. The number of hydrogen-bond donors (Lipinski definition) is 1. The van der Waals surface area contributed by atoms with Gasteiger partial charge in [0.25, 0.3) is 0 Å². The molecule has 4 heteroatoms. The molecule has 4 nitrogen and oxygen atoms in total. The maximum absolute atomic E-state index is 12.5. The fraction of sp³-hybridized carbons (Fsp3) is 0.432. The second-order valence-electron chi connectivity index (χ2n) is 10.9. The van der Waals surface area contributed by atoms with Crippen molar-refractivity contribution in [1.29, 1.82) is 0 Å². The molecule has 1 unspecified atom stereocenters. The Labute approximate surface area is 247 Å². The molecule has 0 heterocycles. The van der Waals surface area contributed by atoms with Crippen molar-refractivity contribution in [2.24, 2.45) is 5.92 Å². The van der Waals surface area contributed by atoms with Gasteiger partial charge in [-0.2, -0.15) is 0 Å². The molecule has 0 saturated heterocycles. The molecule has 3 aromatic rings. The van der Waals surface area contributed by atoms with Crippen molar-refractivity contribution in [1.82, 2.24) is 0 Å². The Morgan fingerprint density at radius 3 is 1.66 bits per heavy atom. The molecule has 0 fully saturated rings. The van der Waals surface area contributed by atoms with Crippen molar-refractivity contribution < 1.29 is 19.5 Å². The highest BCUT2D eigenvalue weighted by atomic mass is 16.4. The summed E-state index contributed by atoms with van der Waals surface area (Å²) in [6, 6.07) is 24.5. The quantitative estimate of drug-likeness (QED) is 0.133. The number of benzene rings is 3. The number of aromatic carboxylic acids is 1. The average Bonchev–Trinajstić information content (AvgIpc) is 3.01. The summed E-state index contributed by atoms with van der Waals surface area (Å²) in [4.78, 5) is 35.0. The first-order chi connectivity index (χ1) is 19.9. The van der Waals surface area contributed by atoms with Crippen LogP contribution in [0.5, 0.6) is 0 Å². The van der Waals surface area contributed by atoms with E-state index in [9.17, 15) is 14.4 Å². The Kier molecular flexibility index (Phi) is 16.0. The molecule has 1 N–H and O–H groups in total. The smallest absolute Gasteiger partial charge is 0.335 e. The first kappa shape index (κ1) is 33.7. The zero-order valence-electron chi connectivity index (χ0n) is 25.2. The maximum Gasteiger partial charge on any atom is 0.335 e. The summed E-state index contributed by atoms with van der Waals surface area (Å²) in [5.74, 6) is -0.460. The third-order valence-electron chi connectivity index (χ3n) is 7.43. The minimum Gasteiger partial charge on any atom is -0.478 e. The van der Waals surface area contributed by atoms with Gasteiger partial charge in [-0.3, -0.25) is 9.59 Å². The van der Waals surface area contributed by atoms with Gasteiger partial charge >= 0.3 is 5.97 Å². The molecule has 0 saturated carbocycles. The third kappa shape index (κ3) is 12.7. The van der Waals surface area contributed by atoms with Crippen molar-refractivity contribution in [2.45, 2.75) is 97.8 Å². The molecule has 220 valence electrons. The summed E-state index contributed by atoms with van der Waals surface area (Å²) in [5.41, 5.74) is 4.01. The van der Waals surface area contributed by atoms with Crippen LogP contribution in [0.15, 0.2) is 78.9 Å². The van der Waals surface area contributed by atoms with Gasteiger partial charge in [0.1, 0.15) is 0 Å². The van der Waals surface area contributed by atoms with E-state index in [-0.39, 0.29) is 23.0 Å². The second kappa shape index (κ2) is 19.5. The van der Waals surface area contributed by atoms with E-state index in [1.54, 1.807) is 12.1 Å². The third-order valence-corrected chi connectivity index (χ3v) is 7.43. The van der Waals surface area contributed by atoms with Gasteiger partial charge in [0.15, 0.2) is 11.6 Å². The Bertz CT molecular complexity index is 1160. The summed E-state index contributed by atoms with van der Waals surface area (Å²) in [7, 11) is 0. The van der Waals surface area contributed by atoms with E-state index >= 15 is 0 Å². The van der Waals surface area contributed by atoms with Crippen LogP contribution >= 0.6 is 0 Å². The van der Waals surface area contributed by atoms with Crippen molar-refractivity contribution in [3.63, 3.8) is 0 Å². The van der Waals surface area contributed by atoms with Gasteiger partial charge in [0.2, 0.25) is 0 Å². The van der Waals surface area contributed by atoms with Gasteiger partial charge in [-0.25, -0.2) is 4.79 Å². The van der Waals surface area contributed by atoms with Gasteiger partial charge in [0.05, 0.1) is 5.56 Å². The number of ketones is 2. The van der Waals surface area contributed by atoms with E-state index in [1.807, 2.05) is 42.5 Å². The van der Waals surface area contributed by atoms with Crippen LogP contribution in [-0.2, 0) is 0 Å². The molecular formula is C37H48O4. The number of carboxylic acid groups (broad SMARTS) is 1. The van der Waals surface area contributed by atoms with Crippen LogP contribution in [0.1, 0.15) is 129 Å². The molecule has 41 heavy (non-hydrogen) atoms. The van der Waals surface area contributed by atoms with Crippen LogP contribution < -0.4 is 0 Å². The molecule has 0 aliphatic heterocycles. The molecule has 0 aliphatic carbocycles. The van der Waals surface area contributed by atoms with Crippen LogP contribution in [0.4, 0.5) is 0 Å². The van der Waals surface area contributed by atoms with Gasteiger partial charge in [-0.1, -0.05) is 145 Å². The van der Waals surface area contributed by atoms with Gasteiger partial charge in [-0.05, 0) is 36.1 Å². The molecule has 1 atom stereocenters. The highest BCUT2D eigenvalue weighted by Gasteiger charge is 2.15. The first-order valence-corrected chi connectivity index (χ1v) is 15.4. The molecule has 3 rings (SSSR count). The van der Waals surface area contributed by atoms with Crippen molar-refractivity contribution in [2.75, 3.05) is 0 Å². The number of Topliss-reactive ketones (excluding diaryl/α,β-unsaturated/α-hetero) is 2. The largest absolute Gasteiger partial charge is 0.478 e. The standard InChI is InChI=1S/C21H26O.C16H22O3/c1-3-4-5-7-10-17(2)21(22)20-15-13-19(14-16-20)18-11-8-6-9-12-18;1-2-3-4-5-6-7-8-15(17)13-9-11-14(12-10-13)16(18)19/h6,8-9,11-17H,3-5,7,10H2,1-2H3;9-12H,2-8H2,1H3,(H,18,19). The number of hydrogen-bond acceptors (Lipinski definition) is 3. The molecule has 0 bridgehead atoms.